The second-order valence-corrected chi connectivity index (χ2v) is 8.01. The van der Waals surface area contributed by atoms with Crippen LogP contribution in [0.15, 0.2) is 29.1 Å². The van der Waals surface area contributed by atoms with E-state index < -0.39 is 5.79 Å². The number of nitrogens with one attached hydrogen (secondary N) is 1. The molecule has 5 rings (SSSR count). The van der Waals surface area contributed by atoms with Crippen molar-refractivity contribution in [1.29, 1.82) is 0 Å². The maximum absolute atomic E-state index is 11.4. The second-order valence-electron chi connectivity index (χ2n) is 8.01. The lowest BCUT2D eigenvalue weighted by Crippen LogP contribution is -2.54. The highest BCUT2D eigenvalue weighted by atomic mass is 16.7. The Balaban J connectivity index is 1.34. The lowest BCUT2D eigenvalue weighted by molar-refractivity contribution is -0.231. The van der Waals surface area contributed by atoms with E-state index in [9.17, 15) is 4.79 Å². The maximum atomic E-state index is 11.4. The van der Waals surface area contributed by atoms with Crippen molar-refractivity contribution >= 4 is 0 Å². The number of benzene rings is 1. The topological polar surface area (TPSA) is 67.5 Å². The van der Waals surface area contributed by atoms with Gasteiger partial charge in [-0.05, 0) is 43.5 Å². The standard InChI is InChI=1S/C21H25N3O3/c1-14-11-19(25)22-23-20(14)15-5-6-18-16(12-15)13-26-21(27-18)7-9-24(10-8-21)17-3-2-4-17/h5-6,11-12,17H,2-4,7-10,13H2,1H3,(H,22,25). The molecule has 0 amide bonds. The average molecular weight is 367 g/mol. The normalized spacial score (nSPS) is 22.1. The Kier molecular flexibility index (Phi) is 4.06. The van der Waals surface area contributed by atoms with E-state index in [1.807, 2.05) is 19.1 Å². The molecule has 1 aromatic heterocycles. The third-order valence-electron chi connectivity index (χ3n) is 6.27. The fourth-order valence-corrected chi connectivity index (χ4v) is 4.40. The van der Waals surface area contributed by atoms with Crippen LogP contribution < -0.4 is 10.3 Å². The van der Waals surface area contributed by atoms with E-state index in [-0.39, 0.29) is 5.56 Å². The molecule has 2 aliphatic heterocycles. The summed E-state index contributed by atoms with van der Waals surface area (Å²) in [6.07, 6.45) is 5.91. The van der Waals surface area contributed by atoms with Crippen LogP contribution >= 0.6 is 0 Å². The molecule has 142 valence electrons. The highest BCUT2D eigenvalue weighted by Crippen LogP contribution is 2.40. The molecule has 6 heteroatoms. The van der Waals surface area contributed by atoms with Crippen LogP contribution in [0.2, 0.25) is 0 Å². The third kappa shape index (κ3) is 3.07. The molecule has 0 atom stereocenters. The van der Waals surface area contributed by atoms with E-state index >= 15 is 0 Å². The lowest BCUT2D eigenvalue weighted by atomic mass is 9.89. The molecule has 0 unspecified atom stereocenters. The number of piperidine rings is 1. The van der Waals surface area contributed by atoms with E-state index in [0.717, 1.165) is 60.1 Å². The van der Waals surface area contributed by atoms with Crippen molar-refractivity contribution < 1.29 is 9.47 Å². The molecule has 1 spiro atoms. The van der Waals surface area contributed by atoms with Gasteiger partial charge in [-0.2, -0.15) is 5.10 Å². The molecular formula is C21H25N3O3. The summed E-state index contributed by atoms with van der Waals surface area (Å²) in [4.78, 5) is 14.0. The fraction of sp³-hybridized carbons (Fsp3) is 0.524. The van der Waals surface area contributed by atoms with Gasteiger partial charge >= 0.3 is 0 Å². The maximum Gasteiger partial charge on any atom is 0.264 e. The lowest BCUT2D eigenvalue weighted by Gasteiger charge is -2.47. The SMILES string of the molecule is Cc1cc(=O)[nH]nc1-c1ccc2c(c1)COC1(CCN(C3CCC3)CC1)O2. The van der Waals surface area contributed by atoms with Crippen LogP contribution in [0.5, 0.6) is 5.75 Å². The number of likely N-dealkylation sites (tertiary alicyclic amines) is 1. The quantitative estimate of drug-likeness (QED) is 0.884. The number of aromatic amines is 1. The Morgan fingerprint density at radius 3 is 2.74 bits per heavy atom. The number of ether oxygens (including phenoxy) is 2. The minimum Gasteiger partial charge on any atom is -0.462 e. The molecule has 3 aliphatic rings. The minimum atomic E-state index is -0.471. The van der Waals surface area contributed by atoms with Crippen LogP contribution in [0.4, 0.5) is 0 Å². The molecule has 1 saturated carbocycles. The summed E-state index contributed by atoms with van der Waals surface area (Å²) < 4.78 is 12.6. The van der Waals surface area contributed by atoms with Crippen molar-refractivity contribution in [3.05, 3.63) is 45.7 Å². The number of hydrogen-bond donors (Lipinski definition) is 1. The number of rotatable bonds is 2. The Hall–Kier alpha value is -2.18. The van der Waals surface area contributed by atoms with Crippen LogP contribution in [-0.4, -0.2) is 40.0 Å². The Morgan fingerprint density at radius 2 is 2.04 bits per heavy atom. The number of fused-ring (bicyclic) bond motifs is 1. The van der Waals surface area contributed by atoms with Gasteiger partial charge in [-0.1, -0.05) is 6.42 Å². The van der Waals surface area contributed by atoms with E-state index in [2.05, 4.69) is 21.2 Å². The van der Waals surface area contributed by atoms with Gasteiger partial charge in [0.25, 0.3) is 5.56 Å². The van der Waals surface area contributed by atoms with Gasteiger partial charge in [0.15, 0.2) is 0 Å². The highest BCUT2D eigenvalue weighted by Gasteiger charge is 2.42. The molecule has 27 heavy (non-hydrogen) atoms. The number of nitrogens with zero attached hydrogens (tertiary/aromatic N) is 2. The number of H-pyrrole nitrogens is 1. The summed E-state index contributed by atoms with van der Waals surface area (Å²) >= 11 is 0. The van der Waals surface area contributed by atoms with Crippen LogP contribution in [0.1, 0.15) is 43.2 Å². The summed E-state index contributed by atoms with van der Waals surface area (Å²) in [6.45, 7) is 4.56. The predicted octanol–water partition coefficient (Wildman–Crippen LogP) is 3.00. The first-order valence-corrected chi connectivity index (χ1v) is 9.89. The number of aromatic nitrogens is 2. The summed E-state index contributed by atoms with van der Waals surface area (Å²) in [5.74, 6) is 0.435. The number of aryl methyl sites for hydroxylation is 1. The minimum absolute atomic E-state index is 0.184. The van der Waals surface area contributed by atoms with Crippen LogP contribution in [0, 0.1) is 6.92 Å². The second kappa shape index (κ2) is 6.46. The number of hydrogen-bond acceptors (Lipinski definition) is 5. The molecular weight excluding hydrogens is 342 g/mol. The highest BCUT2D eigenvalue weighted by molar-refractivity contribution is 5.64. The van der Waals surface area contributed by atoms with Crippen LogP contribution in [-0.2, 0) is 11.3 Å². The molecule has 1 aliphatic carbocycles. The first-order valence-electron chi connectivity index (χ1n) is 9.89. The Morgan fingerprint density at radius 1 is 1.22 bits per heavy atom. The zero-order valence-corrected chi connectivity index (χ0v) is 15.7. The van der Waals surface area contributed by atoms with Gasteiger partial charge in [0, 0.05) is 49.2 Å². The molecule has 0 bridgehead atoms. The Bertz CT molecular complexity index is 911. The molecule has 3 heterocycles. The van der Waals surface area contributed by atoms with E-state index in [1.165, 1.54) is 19.3 Å². The van der Waals surface area contributed by atoms with Gasteiger partial charge in [-0.25, -0.2) is 5.10 Å². The van der Waals surface area contributed by atoms with Crippen molar-refractivity contribution in [2.24, 2.45) is 0 Å². The molecule has 2 aromatic rings. The van der Waals surface area contributed by atoms with Crippen LogP contribution in [0.25, 0.3) is 11.3 Å². The van der Waals surface area contributed by atoms with Crippen molar-refractivity contribution in [2.75, 3.05) is 13.1 Å². The summed E-state index contributed by atoms with van der Waals surface area (Å²) in [5.41, 5.74) is 3.45. The molecule has 0 radical (unpaired) electrons. The van der Waals surface area contributed by atoms with Crippen molar-refractivity contribution in [3.8, 4) is 17.0 Å². The first kappa shape index (κ1) is 17.0. The Labute approximate surface area is 158 Å². The summed E-state index contributed by atoms with van der Waals surface area (Å²) in [5, 5.41) is 6.71. The smallest absolute Gasteiger partial charge is 0.264 e. The fourth-order valence-electron chi connectivity index (χ4n) is 4.40. The molecule has 6 nitrogen and oxygen atoms in total. The predicted molar refractivity (Wildman–Crippen MR) is 102 cm³/mol. The molecule has 1 saturated heterocycles. The largest absolute Gasteiger partial charge is 0.462 e. The van der Waals surface area contributed by atoms with Crippen molar-refractivity contribution in [2.45, 2.75) is 57.5 Å². The van der Waals surface area contributed by atoms with E-state index in [1.54, 1.807) is 6.07 Å². The zero-order valence-electron chi connectivity index (χ0n) is 15.7. The van der Waals surface area contributed by atoms with Gasteiger partial charge in [0.05, 0.1) is 12.3 Å². The van der Waals surface area contributed by atoms with Gasteiger partial charge in [-0.3, -0.25) is 9.69 Å². The third-order valence-corrected chi connectivity index (χ3v) is 6.27. The van der Waals surface area contributed by atoms with Crippen molar-refractivity contribution in [3.63, 3.8) is 0 Å². The molecule has 2 fully saturated rings. The first-order chi connectivity index (χ1) is 13.1. The van der Waals surface area contributed by atoms with Gasteiger partial charge in [0.1, 0.15) is 5.75 Å². The van der Waals surface area contributed by atoms with Gasteiger partial charge in [-0.15, -0.1) is 0 Å². The van der Waals surface area contributed by atoms with Gasteiger partial charge in [0.2, 0.25) is 5.79 Å². The summed E-state index contributed by atoms with van der Waals surface area (Å²) in [6, 6.07) is 8.43. The van der Waals surface area contributed by atoms with Gasteiger partial charge < -0.3 is 9.47 Å². The van der Waals surface area contributed by atoms with Crippen LogP contribution in [0.3, 0.4) is 0 Å². The summed E-state index contributed by atoms with van der Waals surface area (Å²) in [7, 11) is 0. The molecule has 1 N–H and O–H groups in total. The van der Waals surface area contributed by atoms with E-state index in [0.29, 0.717) is 6.61 Å². The zero-order chi connectivity index (χ0) is 18.4. The van der Waals surface area contributed by atoms with Crippen molar-refractivity contribution in [1.82, 2.24) is 15.1 Å². The molecule has 1 aromatic carbocycles. The average Bonchev–Trinajstić information content (AvgIpc) is 2.62. The van der Waals surface area contributed by atoms with E-state index in [4.69, 9.17) is 9.47 Å². The monoisotopic (exact) mass is 367 g/mol.